The molecule has 1 unspecified atom stereocenters. The van der Waals surface area contributed by atoms with Crippen molar-refractivity contribution in [3.63, 3.8) is 0 Å². The molecule has 0 saturated heterocycles. The van der Waals surface area contributed by atoms with Crippen molar-refractivity contribution in [1.29, 1.82) is 0 Å². The number of hydrazine groups is 1. The average molecular weight is 256 g/mol. The first-order chi connectivity index (χ1) is 7.99. The van der Waals surface area contributed by atoms with E-state index in [9.17, 15) is 8.42 Å². The highest BCUT2D eigenvalue weighted by molar-refractivity contribution is 7.90. The van der Waals surface area contributed by atoms with E-state index in [1.807, 2.05) is 18.2 Å². The van der Waals surface area contributed by atoms with Gasteiger partial charge in [-0.3, -0.25) is 11.3 Å². The van der Waals surface area contributed by atoms with E-state index in [-0.39, 0.29) is 11.8 Å². The molecule has 1 heterocycles. The highest BCUT2D eigenvalue weighted by Gasteiger charge is 2.19. The number of sulfone groups is 1. The lowest BCUT2D eigenvalue weighted by atomic mass is 10.0. The fraction of sp³-hybridized carbons (Fsp3) is 0.455. The number of benzene rings is 1. The lowest BCUT2D eigenvalue weighted by Gasteiger charge is -2.15. The molecular weight excluding hydrogens is 240 g/mol. The highest BCUT2D eigenvalue weighted by Crippen LogP contribution is 2.28. The summed E-state index contributed by atoms with van der Waals surface area (Å²) in [5.74, 6) is 6.28. The molecule has 6 heteroatoms. The fourth-order valence-corrected chi connectivity index (χ4v) is 2.86. The maximum Gasteiger partial charge on any atom is 0.149 e. The third-order valence-electron chi connectivity index (χ3n) is 2.79. The molecule has 0 aliphatic carbocycles. The van der Waals surface area contributed by atoms with E-state index in [4.69, 9.17) is 10.6 Å². The fourth-order valence-electron chi connectivity index (χ4n) is 1.97. The number of rotatable bonds is 4. The molecule has 1 aromatic rings. The first kappa shape index (κ1) is 12.3. The Kier molecular flexibility index (Phi) is 3.37. The summed E-state index contributed by atoms with van der Waals surface area (Å²) in [5.41, 5.74) is 4.53. The summed E-state index contributed by atoms with van der Waals surface area (Å²) >= 11 is 0. The van der Waals surface area contributed by atoms with Gasteiger partial charge in [-0.25, -0.2) is 8.42 Å². The molecule has 0 bridgehead atoms. The van der Waals surface area contributed by atoms with Crippen LogP contribution >= 0.6 is 0 Å². The van der Waals surface area contributed by atoms with Crippen molar-refractivity contribution in [1.82, 2.24) is 5.43 Å². The van der Waals surface area contributed by atoms with Gasteiger partial charge in [0.1, 0.15) is 15.6 Å². The Balaban J connectivity index is 2.25. The van der Waals surface area contributed by atoms with Gasteiger partial charge in [0.25, 0.3) is 0 Å². The summed E-state index contributed by atoms with van der Waals surface area (Å²) in [6.07, 6.45) is 2.06. The number of ether oxygens (including phenoxy) is 1. The van der Waals surface area contributed by atoms with Gasteiger partial charge in [-0.05, 0) is 17.2 Å². The second-order valence-electron chi connectivity index (χ2n) is 4.28. The van der Waals surface area contributed by atoms with Gasteiger partial charge in [-0.1, -0.05) is 12.1 Å². The van der Waals surface area contributed by atoms with Crippen LogP contribution in [0.5, 0.6) is 5.75 Å². The standard InChI is InChI=1S/C11H16N2O3S/c1-17(14,15)7-10(13-12)8-2-3-11-9(6-8)4-5-16-11/h2-3,6,10,13H,4-5,7,12H2,1H3. The maximum atomic E-state index is 11.3. The Hall–Kier alpha value is -1.11. The minimum atomic E-state index is -3.07. The SMILES string of the molecule is CS(=O)(=O)CC(NN)c1ccc2c(c1)CCO2. The molecule has 0 amide bonds. The number of hydrogen-bond acceptors (Lipinski definition) is 5. The van der Waals surface area contributed by atoms with Gasteiger partial charge in [0, 0.05) is 12.7 Å². The molecule has 5 nitrogen and oxygen atoms in total. The molecule has 0 saturated carbocycles. The van der Waals surface area contributed by atoms with Gasteiger partial charge in [-0.15, -0.1) is 0 Å². The van der Waals surface area contributed by atoms with Crippen LogP contribution in [-0.2, 0) is 16.3 Å². The topological polar surface area (TPSA) is 81.4 Å². The van der Waals surface area contributed by atoms with Crippen LogP contribution in [0, 0.1) is 0 Å². The molecule has 1 atom stereocenters. The van der Waals surface area contributed by atoms with Crippen molar-refractivity contribution in [3.05, 3.63) is 29.3 Å². The van der Waals surface area contributed by atoms with Crippen molar-refractivity contribution in [3.8, 4) is 5.75 Å². The molecule has 0 aromatic heterocycles. The number of nitrogens with two attached hydrogens (primary N) is 1. The average Bonchev–Trinajstić information content (AvgIpc) is 2.71. The van der Waals surface area contributed by atoms with Crippen LogP contribution in [0.1, 0.15) is 17.2 Å². The minimum Gasteiger partial charge on any atom is -0.493 e. The van der Waals surface area contributed by atoms with Gasteiger partial charge in [0.2, 0.25) is 0 Å². The van der Waals surface area contributed by atoms with E-state index in [1.54, 1.807) is 0 Å². The van der Waals surface area contributed by atoms with Crippen LogP contribution in [0.3, 0.4) is 0 Å². The van der Waals surface area contributed by atoms with Crippen LogP contribution in [-0.4, -0.2) is 27.0 Å². The predicted octanol–water partition coefficient (Wildman–Crippen LogP) is 0.171. The minimum absolute atomic E-state index is 0.0108. The smallest absolute Gasteiger partial charge is 0.149 e. The number of hydrogen-bond donors (Lipinski definition) is 2. The van der Waals surface area contributed by atoms with E-state index < -0.39 is 9.84 Å². The second-order valence-corrected chi connectivity index (χ2v) is 6.46. The predicted molar refractivity (Wildman–Crippen MR) is 65.4 cm³/mol. The second kappa shape index (κ2) is 4.64. The molecule has 2 rings (SSSR count). The highest BCUT2D eigenvalue weighted by atomic mass is 32.2. The zero-order valence-corrected chi connectivity index (χ0v) is 10.5. The van der Waals surface area contributed by atoms with Crippen LogP contribution in [0.2, 0.25) is 0 Å². The lowest BCUT2D eigenvalue weighted by Crippen LogP contribution is -2.33. The quantitative estimate of drug-likeness (QED) is 0.593. The van der Waals surface area contributed by atoms with Crippen LogP contribution < -0.4 is 16.0 Å². The van der Waals surface area contributed by atoms with Crippen LogP contribution in [0.15, 0.2) is 18.2 Å². The monoisotopic (exact) mass is 256 g/mol. The summed E-state index contributed by atoms with van der Waals surface area (Å²) in [7, 11) is -3.07. The Morgan fingerprint density at radius 1 is 1.53 bits per heavy atom. The van der Waals surface area contributed by atoms with Crippen LogP contribution in [0.25, 0.3) is 0 Å². The first-order valence-corrected chi connectivity index (χ1v) is 7.45. The molecule has 17 heavy (non-hydrogen) atoms. The van der Waals surface area contributed by atoms with E-state index in [0.717, 1.165) is 23.3 Å². The molecule has 1 aromatic carbocycles. The van der Waals surface area contributed by atoms with Gasteiger partial charge in [0.05, 0.1) is 18.4 Å². The van der Waals surface area contributed by atoms with Crippen LogP contribution in [0.4, 0.5) is 0 Å². The molecule has 0 spiro atoms. The third kappa shape index (κ3) is 2.96. The van der Waals surface area contributed by atoms with Crippen molar-refractivity contribution >= 4 is 9.84 Å². The van der Waals surface area contributed by atoms with Crippen molar-refractivity contribution < 1.29 is 13.2 Å². The molecule has 0 radical (unpaired) electrons. The lowest BCUT2D eigenvalue weighted by molar-refractivity contribution is 0.356. The zero-order chi connectivity index (χ0) is 12.5. The van der Waals surface area contributed by atoms with Crippen molar-refractivity contribution in [2.45, 2.75) is 12.5 Å². The summed E-state index contributed by atoms with van der Waals surface area (Å²) in [5, 5.41) is 0. The Morgan fingerprint density at radius 3 is 2.94 bits per heavy atom. The molecule has 1 aliphatic heterocycles. The van der Waals surface area contributed by atoms with Gasteiger partial charge < -0.3 is 4.74 Å². The zero-order valence-electron chi connectivity index (χ0n) is 9.64. The maximum absolute atomic E-state index is 11.3. The summed E-state index contributed by atoms with van der Waals surface area (Å²) in [6, 6.07) is 5.29. The number of nitrogens with one attached hydrogen (secondary N) is 1. The Morgan fingerprint density at radius 2 is 2.29 bits per heavy atom. The summed E-state index contributed by atoms with van der Waals surface area (Å²) in [6.45, 7) is 0.686. The summed E-state index contributed by atoms with van der Waals surface area (Å²) < 4.78 is 28.0. The molecule has 3 N–H and O–H groups in total. The van der Waals surface area contributed by atoms with Gasteiger partial charge in [-0.2, -0.15) is 0 Å². The van der Waals surface area contributed by atoms with Gasteiger partial charge >= 0.3 is 0 Å². The van der Waals surface area contributed by atoms with Gasteiger partial charge in [0.15, 0.2) is 0 Å². The van der Waals surface area contributed by atoms with E-state index >= 15 is 0 Å². The van der Waals surface area contributed by atoms with Crippen molar-refractivity contribution in [2.75, 3.05) is 18.6 Å². The largest absolute Gasteiger partial charge is 0.493 e. The molecule has 94 valence electrons. The Bertz CT molecular complexity index is 513. The van der Waals surface area contributed by atoms with E-state index in [0.29, 0.717) is 6.61 Å². The summed E-state index contributed by atoms with van der Waals surface area (Å²) in [4.78, 5) is 0. The normalized spacial score (nSPS) is 16.4. The number of fused-ring (bicyclic) bond motifs is 1. The van der Waals surface area contributed by atoms with E-state index in [2.05, 4.69) is 5.43 Å². The molecule has 0 fully saturated rings. The molecular formula is C11H16N2O3S. The van der Waals surface area contributed by atoms with E-state index in [1.165, 1.54) is 6.26 Å². The Labute approximate surface area is 101 Å². The first-order valence-electron chi connectivity index (χ1n) is 5.39. The third-order valence-corrected chi connectivity index (χ3v) is 3.73. The van der Waals surface area contributed by atoms with Crippen molar-refractivity contribution in [2.24, 2.45) is 5.84 Å². The molecule has 1 aliphatic rings.